The molecule has 0 fully saturated rings. The van der Waals surface area contributed by atoms with Gasteiger partial charge in [0.25, 0.3) is 5.91 Å². The van der Waals surface area contributed by atoms with Crippen LogP contribution in [0.1, 0.15) is 42.3 Å². The van der Waals surface area contributed by atoms with E-state index in [2.05, 4.69) is 11.9 Å². The van der Waals surface area contributed by atoms with Crippen LogP contribution in [0.2, 0.25) is 0 Å². The Kier molecular flexibility index (Phi) is 7.62. The van der Waals surface area contributed by atoms with Crippen LogP contribution in [0.15, 0.2) is 67.4 Å². The molecule has 6 nitrogen and oxygen atoms in total. The number of amides is 1. The van der Waals surface area contributed by atoms with Crippen LogP contribution in [0.25, 0.3) is 10.8 Å². The maximum atomic E-state index is 13.2. The standard InChI is InChI=1S/C27H26F3NO5/c1-5-35-19-11-13-20-17(14-19)8-12-21(24(32)31-23(25(33)34)26(2,3)4)22(20)36-15-16-6-9-18(10-7-16)27(28,29)30/h5-14,23H,1,15H2,2-4H3,(H,31,32)(H,33,34)/t23-/m1/s1. The highest BCUT2D eigenvalue weighted by atomic mass is 19.4. The topological polar surface area (TPSA) is 84.9 Å². The second-order valence-corrected chi connectivity index (χ2v) is 9.20. The summed E-state index contributed by atoms with van der Waals surface area (Å²) in [6, 6.07) is 11.5. The Morgan fingerprint density at radius 3 is 2.28 bits per heavy atom. The summed E-state index contributed by atoms with van der Waals surface area (Å²) in [5.41, 5.74) is -1.01. The summed E-state index contributed by atoms with van der Waals surface area (Å²) in [4.78, 5) is 25.0. The van der Waals surface area contributed by atoms with Crippen molar-refractivity contribution in [3.05, 3.63) is 84.1 Å². The van der Waals surface area contributed by atoms with Gasteiger partial charge in [-0.3, -0.25) is 4.79 Å². The fraction of sp³-hybridized carbons (Fsp3) is 0.259. The number of hydrogen-bond acceptors (Lipinski definition) is 4. The van der Waals surface area contributed by atoms with Crippen LogP contribution in [-0.2, 0) is 17.6 Å². The van der Waals surface area contributed by atoms with Gasteiger partial charge in [-0.05, 0) is 52.8 Å². The van der Waals surface area contributed by atoms with E-state index in [1.54, 1.807) is 45.0 Å². The first kappa shape index (κ1) is 26.6. The van der Waals surface area contributed by atoms with Gasteiger partial charge in [-0.25, -0.2) is 4.79 Å². The third kappa shape index (κ3) is 6.16. The summed E-state index contributed by atoms with van der Waals surface area (Å²) in [6.45, 7) is 8.47. The number of ether oxygens (including phenoxy) is 2. The van der Waals surface area contributed by atoms with E-state index in [-0.39, 0.29) is 17.9 Å². The van der Waals surface area contributed by atoms with Crippen molar-refractivity contribution in [1.82, 2.24) is 5.32 Å². The lowest BCUT2D eigenvalue weighted by atomic mass is 9.86. The monoisotopic (exact) mass is 501 g/mol. The molecular formula is C27H26F3NO5. The van der Waals surface area contributed by atoms with E-state index in [0.29, 0.717) is 22.1 Å². The highest BCUT2D eigenvalue weighted by Crippen LogP contribution is 2.34. The quantitative estimate of drug-likeness (QED) is 0.360. The minimum absolute atomic E-state index is 0.0855. The number of benzene rings is 3. The third-order valence-corrected chi connectivity index (χ3v) is 5.46. The molecule has 0 radical (unpaired) electrons. The summed E-state index contributed by atoms with van der Waals surface area (Å²) in [6.07, 6.45) is -3.19. The summed E-state index contributed by atoms with van der Waals surface area (Å²) >= 11 is 0. The van der Waals surface area contributed by atoms with Crippen LogP contribution in [0.4, 0.5) is 13.2 Å². The summed E-state index contributed by atoms with van der Waals surface area (Å²) in [5, 5.41) is 13.4. The van der Waals surface area contributed by atoms with Crippen molar-refractivity contribution < 1.29 is 37.3 Å². The fourth-order valence-corrected chi connectivity index (χ4v) is 3.59. The van der Waals surface area contributed by atoms with Gasteiger partial charge in [-0.1, -0.05) is 45.5 Å². The molecule has 36 heavy (non-hydrogen) atoms. The first-order valence-corrected chi connectivity index (χ1v) is 11.0. The summed E-state index contributed by atoms with van der Waals surface area (Å²) in [7, 11) is 0. The highest BCUT2D eigenvalue weighted by Gasteiger charge is 2.34. The first-order valence-electron chi connectivity index (χ1n) is 11.0. The smallest absolute Gasteiger partial charge is 0.416 e. The molecule has 0 aromatic heterocycles. The number of carboxylic acid groups (broad SMARTS) is 1. The first-order chi connectivity index (χ1) is 16.8. The molecule has 2 N–H and O–H groups in total. The number of rotatable bonds is 8. The lowest BCUT2D eigenvalue weighted by molar-refractivity contribution is -0.142. The summed E-state index contributed by atoms with van der Waals surface area (Å²) < 4.78 is 49.9. The van der Waals surface area contributed by atoms with Crippen LogP contribution in [-0.4, -0.2) is 23.0 Å². The number of carbonyl (C=O) groups excluding carboxylic acids is 1. The second-order valence-electron chi connectivity index (χ2n) is 9.20. The van der Waals surface area contributed by atoms with Crippen LogP contribution >= 0.6 is 0 Å². The number of hydrogen-bond donors (Lipinski definition) is 2. The lowest BCUT2D eigenvalue weighted by Gasteiger charge is -2.28. The molecule has 3 aromatic carbocycles. The van der Waals surface area contributed by atoms with Crippen molar-refractivity contribution in [1.29, 1.82) is 0 Å². The zero-order chi connectivity index (χ0) is 26.7. The average Bonchev–Trinajstić information content (AvgIpc) is 2.79. The Morgan fingerprint density at radius 1 is 1.06 bits per heavy atom. The largest absolute Gasteiger partial charge is 0.487 e. The maximum Gasteiger partial charge on any atom is 0.416 e. The predicted octanol–water partition coefficient (Wildman–Crippen LogP) is 6.19. The fourth-order valence-electron chi connectivity index (χ4n) is 3.59. The van der Waals surface area contributed by atoms with Gasteiger partial charge in [0, 0.05) is 5.39 Å². The molecule has 0 bridgehead atoms. The minimum atomic E-state index is -4.46. The van der Waals surface area contributed by atoms with Crippen molar-refractivity contribution in [2.75, 3.05) is 0 Å². The summed E-state index contributed by atoms with van der Waals surface area (Å²) in [5.74, 6) is -1.18. The molecule has 0 aliphatic carbocycles. The molecule has 0 saturated carbocycles. The van der Waals surface area contributed by atoms with Crippen molar-refractivity contribution >= 4 is 22.6 Å². The molecule has 3 aromatic rings. The highest BCUT2D eigenvalue weighted by molar-refractivity contribution is 6.05. The van der Waals surface area contributed by atoms with Gasteiger partial charge in [0.2, 0.25) is 0 Å². The second kappa shape index (κ2) is 10.3. The molecule has 0 aliphatic heterocycles. The number of alkyl halides is 3. The van der Waals surface area contributed by atoms with Gasteiger partial charge in [0.05, 0.1) is 17.4 Å². The van der Waals surface area contributed by atoms with E-state index in [1.807, 2.05) is 0 Å². The Hall–Kier alpha value is -4.01. The lowest BCUT2D eigenvalue weighted by Crippen LogP contribution is -2.49. The third-order valence-electron chi connectivity index (χ3n) is 5.46. The van der Waals surface area contributed by atoms with E-state index in [0.717, 1.165) is 12.1 Å². The van der Waals surface area contributed by atoms with E-state index >= 15 is 0 Å². The molecular weight excluding hydrogens is 475 g/mol. The number of fused-ring (bicyclic) bond motifs is 1. The van der Waals surface area contributed by atoms with Crippen molar-refractivity contribution in [3.8, 4) is 11.5 Å². The minimum Gasteiger partial charge on any atom is -0.487 e. The van der Waals surface area contributed by atoms with Gasteiger partial charge in [0.1, 0.15) is 24.1 Å². The van der Waals surface area contributed by atoms with Crippen molar-refractivity contribution in [3.63, 3.8) is 0 Å². The van der Waals surface area contributed by atoms with Gasteiger partial charge < -0.3 is 19.9 Å². The van der Waals surface area contributed by atoms with E-state index in [9.17, 15) is 27.9 Å². The van der Waals surface area contributed by atoms with Gasteiger partial charge in [0.15, 0.2) is 0 Å². The van der Waals surface area contributed by atoms with Gasteiger partial charge in [-0.2, -0.15) is 13.2 Å². The molecule has 0 heterocycles. The molecule has 0 spiro atoms. The van der Waals surface area contributed by atoms with Crippen molar-refractivity contribution in [2.24, 2.45) is 5.41 Å². The molecule has 3 rings (SSSR count). The molecule has 0 saturated heterocycles. The molecule has 0 unspecified atom stereocenters. The number of nitrogens with one attached hydrogen (secondary N) is 1. The van der Waals surface area contributed by atoms with E-state index in [1.165, 1.54) is 24.5 Å². The SMILES string of the molecule is C=COc1ccc2c(OCc3ccc(C(F)(F)F)cc3)c(C(=O)N[C@H](C(=O)O)C(C)(C)C)ccc2c1. The number of aliphatic carboxylic acids is 1. The number of carboxylic acids is 1. The molecule has 190 valence electrons. The zero-order valence-electron chi connectivity index (χ0n) is 20.0. The molecule has 1 amide bonds. The Morgan fingerprint density at radius 2 is 1.72 bits per heavy atom. The number of halogens is 3. The normalized spacial score (nSPS) is 12.6. The van der Waals surface area contributed by atoms with Crippen molar-refractivity contribution in [2.45, 2.75) is 39.6 Å². The van der Waals surface area contributed by atoms with Crippen LogP contribution in [0.3, 0.4) is 0 Å². The van der Waals surface area contributed by atoms with Gasteiger partial charge in [-0.15, -0.1) is 0 Å². The van der Waals surface area contributed by atoms with Crippen LogP contribution in [0, 0.1) is 5.41 Å². The molecule has 9 heteroatoms. The Labute approximate surface area is 206 Å². The molecule has 0 aliphatic rings. The molecule has 1 atom stereocenters. The number of carbonyl (C=O) groups is 2. The van der Waals surface area contributed by atoms with Crippen LogP contribution in [0.5, 0.6) is 11.5 Å². The van der Waals surface area contributed by atoms with E-state index in [4.69, 9.17) is 9.47 Å². The predicted molar refractivity (Wildman–Crippen MR) is 129 cm³/mol. The van der Waals surface area contributed by atoms with Crippen LogP contribution < -0.4 is 14.8 Å². The Balaban J connectivity index is 2.00. The average molecular weight is 502 g/mol. The maximum absolute atomic E-state index is 13.2. The zero-order valence-corrected chi connectivity index (χ0v) is 20.0. The van der Waals surface area contributed by atoms with Gasteiger partial charge >= 0.3 is 12.1 Å². The van der Waals surface area contributed by atoms with E-state index < -0.39 is 35.1 Å². The Bertz CT molecular complexity index is 1280.